The molecule has 0 radical (unpaired) electrons. The van der Waals surface area contributed by atoms with Crippen LogP contribution in [0.25, 0.3) is 0 Å². The summed E-state index contributed by atoms with van der Waals surface area (Å²) in [7, 11) is -4.16. The zero-order valence-electron chi connectivity index (χ0n) is 8.41. The number of alkyl halides is 4. The first-order valence-corrected chi connectivity index (χ1v) is 6.95. The molecule has 10 heteroatoms. The van der Waals surface area contributed by atoms with Crippen LogP contribution in [0.2, 0.25) is 0 Å². The van der Waals surface area contributed by atoms with Gasteiger partial charge in [-0.2, -0.15) is 22.6 Å². The van der Waals surface area contributed by atoms with Crippen LogP contribution in [0.15, 0.2) is 17.3 Å². The molecule has 5 nitrogen and oxygen atoms in total. The Bertz CT molecular complexity index is 445. The van der Waals surface area contributed by atoms with E-state index < -0.39 is 22.7 Å². The first kappa shape index (κ1) is 14.5. The zero-order valence-corrected chi connectivity index (χ0v) is 10.8. The van der Waals surface area contributed by atoms with Gasteiger partial charge in [-0.25, -0.2) is 8.42 Å². The average molecular weight is 336 g/mol. The Morgan fingerprint density at radius 2 is 2.12 bits per heavy atom. The van der Waals surface area contributed by atoms with Crippen LogP contribution < -0.4 is 0 Å². The van der Waals surface area contributed by atoms with Crippen LogP contribution in [0, 0.1) is 0 Å². The summed E-state index contributed by atoms with van der Waals surface area (Å²) in [5.74, 6) is 0. The first-order chi connectivity index (χ1) is 7.77. The van der Waals surface area contributed by atoms with Crippen LogP contribution >= 0.6 is 15.9 Å². The second kappa shape index (κ2) is 5.36. The molecular weight excluding hydrogens is 327 g/mol. The molecule has 98 valence electrons. The SMILES string of the molecule is O=S(=O)(c1cn[nH]c1)N(CCBr)CC(F)(F)F. The molecule has 0 aromatic carbocycles. The highest BCUT2D eigenvalue weighted by atomic mass is 79.9. The lowest BCUT2D eigenvalue weighted by molar-refractivity contribution is -0.135. The van der Waals surface area contributed by atoms with Crippen molar-refractivity contribution in [2.45, 2.75) is 11.1 Å². The lowest BCUT2D eigenvalue weighted by Crippen LogP contribution is -2.39. The van der Waals surface area contributed by atoms with Crippen molar-refractivity contribution in [3.63, 3.8) is 0 Å². The predicted octanol–water partition coefficient (Wildman–Crippen LogP) is 1.36. The molecule has 1 heterocycles. The van der Waals surface area contributed by atoms with Crippen molar-refractivity contribution in [3.8, 4) is 0 Å². The molecular formula is C7H9BrF3N3O2S. The number of nitrogens with one attached hydrogen (secondary N) is 1. The Balaban J connectivity index is 2.99. The van der Waals surface area contributed by atoms with Gasteiger partial charge in [0.25, 0.3) is 0 Å². The normalized spacial score (nSPS) is 13.2. The van der Waals surface area contributed by atoms with Gasteiger partial charge in [0, 0.05) is 18.1 Å². The van der Waals surface area contributed by atoms with Crippen LogP contribution in [0.3, 0.4) is 0 Å². The maximum absolute atomic E-state index is 12.3. The molecule has 0 bridgehead atoms. The van der Waals surface area contributed by atoms with E-state index in [9.17, 15) is 21.6 Å². The number of halogens is 4. The smallest absolute Gasteiger partial charge is 0.284 e. The van der Waals surface area contributed by atoms with E-state index in [1.54, 1.807) is 0 Å². The van der Waals surface area contributed by atoms with Gasteiger partial charge >= 0.3 is 6.18 Å². The highest BCUT2D eigenvalue weighted by Crippen LogP contribution is 2.22. The number of hydrogen-bond donors (Lipinski definition) is 1. The van der Waals surface area contributed by atoms with Crippen molar-refractivity contribution in [1.29, 1.82) is 0 Å². The van der Waals surface area contributed by atoms with Crippen molar-refractivity contribution in [3.05, 3.63) is 12.4 Å². The average Bonchev–Trinajstić information content (AvgIpc) is 2.68. The third-order valence-corrected chi connectivity index (χ3v) is 3.97. The number of aromatic amines is 1. The monoisotopic (exact) mass is 335 g/mol. The van der Waals surface area contributed by atoms with Crippen molar-refractivity contribution in [2.75, 3.05) is 18.4 Å². The summed E-state index contributed by atoms with van der Waals surface area (Å²) in [6.45, 7) is -1.79. The van der Waals surface area contributed by atoms with E-state index in [-0.39, 0.29) is 16.8 Å². The van der Waals surface area contributed by atoms with Crippen molar-refractivity contribution in [2.24, 2.45) is 0 Å². The highest BCUT2D eigenvalue weighted by molar-refractivity contribution is 9.09. The fraction of sp³-hybridized carbons (Fsp3) is 0.571. The van der Waals surface area contributed by atoms with Crippen LogP contribution in [-0.2, 0) is 10.0 Å². The Labute approximate surface area is 104 Å². The van der Waals surface area contributed by atoms with Gasteiger partial charge in [-0.05, 0) is 0 Å². The van der Waals surface area contributed by atoms with Crippen LogP contribution in [-0.4, -0.2) is 47.5 Å². The Hall–Kier alpha value is -0.610. The largest absolute Gasteiger partial charge is 0.402 e. The van der Waals surface area contributed by atoms with Crippen LogP contribution in [0.1, 0.15) is 0 Å². The molecule has 0 atom stereocenters. The van der Waals surface area contributed by atoms with E-state index in [0.717, 1.165) is 12.4 Å². The van der Waals surface area contributed by atoms with Crippen LogP contribution in [0.5, 0.6) is 0 Å². The number of sulfonamides is 1. The lowest BCUT2D eigenvalue weighted by Gasteiger charge is -2.21. The number of aromatic nitrogens is 2. The molecule has 1 aromatic rings. The quantitative estimate of drug-likeness (QED) is 0.826. The fourth-order valence-corrected chi connectivity index (χ4v) is 3.10. The minimum atomic E-state index is -4.58. The zero-order chi connectivity index (χ0) is 13.1. The molecule has 1 rings (SSSR count). The summed E-state index contributed by atoms with van der Waals surface area (Å²) in [6.07, 6.45) is -2.58. The number of nitrogens with zero attached hydrogens (tertiary/aromatic N) is 2. The van der Waals surface area contributed by atoms with Crippen molar-refractivity contribution in [1.82, 2.24) is 14.5 Å². The molecule has 0 aliphatic carbocycles. The van der Waals surface area contributed by atoms with E-state index in [0.29, 0.717) is 4.31 Å². The van der Waals surface area contributed by atoms with E-state index in [4.69, 9.17) is 0 Å². The number of rotatable bonds is 5. The van der Waals surface area contributed by atoms with Gasteiger partial charge in [0.05, 0.1) is 6.20 Å². The van der Waals surface area contributed by atoms with E-state index in [2.05, 4.69) is 26.1 Å². The number of H-pyrrole nitrogens is 1. The summed E-state index contributed by atoms with van der Waals surface area (Å²) in [6, 6.07) is 0. The van der Waals surface area contributed by atoms with Crippen LogP contribution in [0.4, 0.5) is 13.2 Å². The number of hydrogen-bond acceptors (Lipinski definition) is 3. The summed E-state index contributed by atoms with van der Waals surface area (Å²) in [5, 5.41) is 5.76. The second-order valence-corrected chi connectivity index (χ2v) is 5.81. The standard InChI is InChI=1S/C7H9BrF3N3O2S/c8-1-2-14(5-7(9,10)11)17(15,16)6-3-12-13-4-6/h3-4H,1-2,5H2,(H,12,13). The molecule has 0 amide bonds. The molecule has 1 aromatic heterocycles. The Kier molecular flexibility index (Phi) is 4.55. The summed E-state index contributed by atoms with van der Waals surface area (Å²) in [4.78, 5) is -0.289. The molecule has 1 N–H and O–H groups in total. The topological polar surface area (TPSA) is 66.1 Å². The molecule has 0 unspecified atom stereocenters. The van der Waals surface area contributed by atoms with Gasteiger partial charge in [0.15, 0.2) is 0 Å². The minimum Gasteiger partial charge on any atom is -0.284 e. The predicted molar refractivity (Wildman–Crippen MR) is 57.2 cm³/mol. The minimum absolute atomic E-state index is 0.111. The Morgan fingerprint density at radius 1 is 1.47 bits per heavy atom. The van der Waals surface area contributed by atoms with Crippen molar-refractivity contribution < 1.29 is 21.6 Å². The van der Waals surface area contributed by atoms with Crippen molar-refractivity contribution >= 4 is 26.0 Å². The van der Waals surface area contributed by atoms with Gasteiger partial charge in [0.2, 0.25) is 10.0 Å². The van der Waals surface area contributed by atoms with E-state index in [1.807, 2.05) is 0 Å². The van der Waals surface area contributed by atoms with Gasteiger partial charge in [0.1, 0.15) is 11.4 Å². The summed E-state index contributed by atoms with van der Waals surface area (Å²) in [5.41, 5.74) is 0. The van der Waals surface area contributed by atoms with Gasteiger partial charge in [-0.1, -0.05) is 15.9 Å². The Morgan fingerprint density at radius 3 is 2.53 bits per heavy atom. The lowest BCUT2D eigenvalue weighted by atomic mass is 10.6. The fourth-order valence-electron chi connectivity index (χ4n) is 1.11. The third-order valence-electron chi connectivity index (χ3n) is 1.80. The van der Waals surface area contributed by atoms with Gasteiger partial charge in [-0.3, -0.25) is 5.10 Å². The highest BCUT2D eigenvalue weighted by Gasteiger charge is 2.36. The summed E-state index contributed by atoms with van der Waals surface area (Å²) < 4.78 is 60.7. The molecule has 0 aliphatic heterocycles. The molecule has 0 saturated heterocycles. The third kappa shape index (κ3) is 3.96. The van der Waals surface area contributed by atoms with Gasteiger partial charge < -0.3 is 0 Å². The molecule has 0 fully saturated rings. The molecule has 0 saturated carbocycles. The van der Waals surface area contributed by atoms with Gasteiger partial charge in [-0.15, -0.1) is 0 Å². The molecule has 0 aliphatic rings. The van der Waals surface area contributed by atoms with E-state index >= 15 is 0 Å². The first-order valence-electron chi connectivity index (χ1n) is 4.39. The second-order valence-electron chi connectivity index (χ2n) is 3.08. The molecule has 0 spiro atoms. The van der Waals surface area contributed by atoms with E-state index in [1.165, 1.54) is 0 Å². The summed E-state index contributed by atoms with van der Waals surface area (Å²) >= 11 is 2.92. The maximum Gasteiger partial charge on any atom is 0.402 e. The molecule has 17 heavy (non-hydrogen) atoms. The maximum atomic E-state index is 12.3.